The molecule has 32 heavy (non-hydrogen) atoms. The Morgan fingerprint density at radius 3 is 2.09 bits per heavy atom. The molecule has 0 bridgehead atoms. The van der Waals surface area contributed by atoms with E-state index in [1.165, 1.54) is 28.6 Å². The molecule has 0 atom stereocenters. The van der Waals surface area contributed by atoms with Gasteiger partial charge in [0.05, 0.1) is 6.61 Å². The molecule has 5 nitrogen and oxygen atoms in total. The lowest BCUT2D eigenvalue weighted by Gasteiger charge is -2.31. The summed E-state index contributed by atoms with van der Waals surface area (Å²) in [6, 6.07) is 21.6. The van der Waals surface area contributed by atoms with Gasteiger partial charge in [0.1, 0.15) is 22.6 Å². The molecule has 168 valence electrons. The highest BCUT2D eigenvalue weighted by molar-refractivity contribution is 7.89. The lowest BCUT2D eigenvalue weighted by Crippen LogP contribution is -2.41. The lowest BCUT2D eigenvalue weighted by atomic mass is 10.0. The summed E-state index contributed by atoms with van der Waals surface area (Å²) in [5, 5.41) is 0. The number of benzene rings is 3. The van der Waals surface area contributed by atoms with Crippen LogP contribution in [0.4, 0.5) is 4.39 Å². The summed E-state index contributed by atoms with van der Waals surface area (Å²) < 4.78 is 52.0. The fourth-order valence-corrected chi connectivity index (χ4v) is 5.40. The maximum absolute atomic E-state index is 14.0. The molecule has 1 saturated heterocycles. The van der Waals surface area contributed by atoms with Gasteiger partial charge in [0.2, 0.25) is 10.0 Å². The first-order valence-electron chi connectivity index (χ1n) is 10.6. The van der Waals surface area contributed by atoms with E-state index in [1.807, 2.05) is 36.4 Å². The number of piperidine rings is 1. The van der Waals surface area contributed by atoms with E-state index in [0.717, 1.165) is 22.4 Å². The van der Waals surface area contributed by atoms with Gasteiger partial charge in [-0.2, -0.15) is 4.31 Å². The Hall–Kier alpha value is -2.74. The molecule has 7 heteroatoms. The minimum Gasteiger partial charge on any atom is -0.490 e. The third kappa shape index (κ3) is 5.01. The number of methoxy groups -OCH3 is 1. The van der Waals surface area contributed by atoms with Gasteiger partial charge in [0, 0.05) is 20.2 Å². The quantitative estimate of drug-likeness (QED) is 0.510. The van der Waals surface area contributed by atoms with Crippen molar-refractivity contribution < 1.29 is 22.3 Å². The second-order valence-electron chi connectivity index (χ2n) is 7.81. The van der Waals surface area contributed by atoms with Crippen LogP contribution < -0.4 is 4.74 Å². The maximum atomic E-state index is 14.0. The highest BCUT2D eigenvalue weighted by Gasteiger charge is 2.31. The minimum atomic E-state index is -3.84. The molecule has 1 aliphatic heterocycles. The van der Waals surface area contributed by atoms with Gasteiger partial charge in [-0.05, 0) is 53.8 Å². The Bertz CT molecular complexity index is 1140. The van der Waals surface area contributed by atoms with Gasteiger partial charge in [0.25, 0.3) is 0 Å². The number of hydrogen-bond acceptors (Lipinski definition) is 4. The van der Waals surface area contributed by atoms with Crippen LogP contribution in [0.1, 0.15) is 18.4 Å². The van der Waals surface area contributed by atoms with Crippen molar-refractivity contribution in [2.24, 2.45) is 0 Å². The van der Waals surface area contributed by atoms with Gasteiger partial charge < -0.3 is 9.47 Å². The summed E-state index contributed by atoms with van der Waals surface area (Å²) in [6.45, 7) is 1.19. The first-order valence-corrected chi connectivity index (χ1v) is 12.0. The topological polar surface area (TPSA) is 55.8 Å². The third-order valence-corrected chi connectivity index (χ3v) is 7.54. The Labute approximate surface area is 188 Å². The Morgan fingerprint density at radius 1 is 0.906 bits per heavy atom. The van der Waals surface area contributed by atoms with E-state index in [9.17, 15) is 12.8 Å². The summed E-state index contributed by atoms with van der Waals surface area (Å²) in [4.78, 5) is -0.273. The Morgan fingerprint density at radius 2 is 1.50 bits per heavy atom. The van der Waals surface area contributed by atoms with Crippen LogP contribution in [0.3, 0.4) is 0 Å². The van der Waals surface area contributed by atoms with E-state index in [-0.39, 0.29) is 11.0 Å². The van der Waals surface area contributed by atoms with Gasteiger partial charge in [0.15, 0.2) is 0 Å². The van der Waals surface area contributed by atoms with Crippen molar-refractivity contribution in [3.63, 3.8) is 0 Å². The second-order valence-corrected chi connectivity index (χ2v) is 9.71. The predicted octanol–water partition coefficient (Wildman–Crippen LogP) is 4.87. The van der Waals surface area contributed by atoms with Crippen molar-refractivity contribution in [2.75, 3.05) is 20.2 Å². The number of halogens is 1. The highest BCUT2D eigenvalue weighted by atomic mass is 32.2. The highest BCUT2D eigenvalue weighted by Crippen LogP contribution is 2.27. The van der Waals surface area contributed by atoms with E-state index in [0.29, 0.717) is 32.5 Å². The molecule has 0 aliphatic carbocycles. The monoisotopic (exact) mass is 455 g/mol. The van der Waals surface area contributed by atoms with E-state index in [2.05, 4.69) is 12.1 Å². The molecule has 1 fully saturated rings. The van der Waals surface area contributed by atoms with Crippen molar-refractivity contribution >= 4 is 10.0 Å². The number of rotatable bonds is 7. The summed E-state index contributed by atoms with van der Waals surface area (Å²) in [5.74, 6) is 0.0273. The van der Waals surface area contributed by atoms with Crippen molar-refractivity contribution in [3.8, 4) is 16.9 Å². The van der Waals surface area contributed by atoms with E-state index in [1.54, 1.807) is 7.11 Å². The van der Waals surface area contributed by atoms with Crippen LogP contribution in [0.15, 0.2) is 77.7 Å². The van der Waals surface area contributed by atoms with E-state index in [4.69, 9.17) is 9.47 Å². The first-order chi connectivity index (χ1) is 15.5. The molecule has 3 aromatic rings. The number of hydrogen-bond donors (Lipinski definition) is 0. The van der Waals surface area contributed by atoms with Crippen molar-refractivity contribution in [3.05, 3.63) is 84.2 Å². The fourth-order valence-electron chi connectivity index (χ4n) is 3.86. The van der Waals surface area contributed by atoms with Gasteiger partial charge in [-0.3, -0.25) is 0 Å². The third-order valence-electron chi connectivity index (χ3n) is 5.61. The van der Waals surface area contributed by atoms with Crippen molar-refractivity contribution in [1.82, 2.24) is 4.31 Å². The molecule has 0 N–H and O–H groups in total. The van der Waals surface area contributed by atoms with Crippen LogP contribution in [-0.2, 0) is 21.4 Å². The fraction of sp³-hybridized carbons (Fsp3) is 0.280. The molecule has 1 heterocycles. The van der Waals surface area contributed by atoms with E-state index < -0.39 is 15.8 Å². The van der Waals surface area contributed by atoms with Crippen LogP contribution in [0, 0.1) is 5.82 Å². The first kappa shape index (κ1) is 22.5. The van der Waals surface area contributed by atoms with Gasteiger partial charge in [-0.15, -0.1) is 0 Å². The number of nitrogens with zero attached hydrogens (tertiary/aromatic N) is 1. The molecule has 0 spiro atoms. The average molecular weight is 456 g/mol. The minimum absolute atomic E-state index is 0.0822. The Kier molecular flexibility index (Phi) is 6.89. The van der Waals surface area contributed by atoms with Gasteiger partial charge in [-0.1, -0.05) is 48.5 Å². The van der Waals surface area contributed by atoms with Crippen LogP contribution in [0.2, 0.25) is 0 Å². The standard InChI is InChI=1S/C25H26FNO4S/c1-30-18-19-6-8-20(9-7-19)21-10-12-22(13-11-21)31-23-14-16-27(17-15-23)32(28,29)25-5-3-2-4-24(25)26/h2-13,23H,14-18H2,1H3. The molecule has 0 saturated carbocycles. The molecule has 0 unspecified atom stereocenters. The lowest BCUT2D eigenvalue weighted by molar-refractivity contribution is 0.135. The molecule has 0 aromatic heterocycles. The predicted molar refractivity (Wildman–Crippen MR) is 121 cm³/mol. The molecule has 0 radical (unpaired) electrons. The summed E-state index contributed by atoms with van der Waals surface area (Å²) in [7, 11) is -2.16. The van der Waals surface area contributed by atoms with Crippen LogP contribution in [0.5, 0.6) is 5.75 Å². The van der Waals surface area contributed by atoms with Crippen molar-refractivity contribution in [1.29, 1.82) is 0 Å². The molecular formula is C25H26FNO4S. The van der Waals surface area contributed by atoms with E-state index >= 15 is 0 Å². The number of ether oxygens (including phenoxy) is 2. The second kappa shape index (κ2) is 9.81. The SMILES string of the molecule is COCc1ccc(-c2ccc(OC3CCN(S(=O)(=O)c4ccccc4F)CC3)cc2)cc1. The zero-order valence-corrected chi connectivity index (χ0v) is 18.7. The molecule has 0 amide bonds. The van der Waals surface area contributed by atoms with Crippen molar-refractivity contribution in [2.45, 2.75) is 30.4 Å². The van der Waals surface area contributed by atoms with Gasteiger partial charge >= 0.3 is 0 Å². The summed E-state index contributed by atoms with van der Waals surface area (Å²) >= 11 is 0. The maximum Gasteiger partial charge on any atom is 0.245 e. The number of sulfonamides is 1. The van der Waals surface area contributed by atoms with Crippen LogP contribution in [0.25, 0.3) is 11.1 Å². The smallest absolute Gasteiger partial charge is 0.245 e. The zero-order chi connectivity index (χ0) is 22.6. The largest absolute Gasteiger partial charge is 0.490 e. The normalized spacial score (nSPS) is 15.6. The Balaban J connectivity index is 1.35. The average Bonchev–Trinajstić information content (AvgIpc) is 2.81. The molecular weight excluding hydrogens is 429 g/mol. The zero-order valence-electron chi connectivity index (χ0n) is 17.9. The van der Waals surface area contributed by atoms with Gasteiger partial charge in [-0.25, -0.2) is 12.8 Å². The van der Waals surface area contributed by atoms with Crippen LogP contribution >= 0.6 is 0 Å². The molecule has 1 aliphatic rings. The van der Waals surface area contributed by atoms with Crippen LogP contribution in [-0.4, -0.2) is 39.0 Å². The molecule has 4 rings (SSSR count). The summed E-state index contributed by atoms with van der Waals surface area (Å²) in [5.41, 5.74) is 3.33. The molecule has 3 aromatic carbocycles. The summed E-state index contributed by atoms with van der Waals surface area (Å²) in [6.07, 6.45) is 1.02.